The van der Waals surface area contributed by atoms with Gasteiger partial charge in [-0.2, -0.15) is 0 Å². The molecule has 3 saturated heterocycles. The van der Waals surface area contributed by atoms with Gasteiger partial charge in [-0.15, -0.1) is 0 Å². The number of rotatable bonds is 32. The van der Waals surface area contributed by atoms with Crippen molar-refractivity contribution in [1.82, 2.24) is 5.32 Å². The first-order chi connectivity index (χ1) is 46.2. The number of nitrogens with one attached hydrogen (secondary N) is 1. The molecule has 0 saturated carbocycles. The van der Waals surface area contributed by atoms with E-state index in [4.69, 9.17) is 66.3 Å². The predicted molar refractivity (Wildman–Crippen MR) is 347 cm³/mol. The Morgan fingerprint density at radius 3 is 1.17 bits per heavy atom. The van der Waals surface area contributed by atoms with Crippen molar-refractivity contribution in [2.24, 2.45) is 0 Å². The van der Waals surface area contributed by atoms with Crippen molar-refractivity contribution in [2.45, 2.75) is 145 Å². The number of carbonyl (C=O) groups excluding carboxylic acids is 1. The van der Waals surface area contributed by atoms with Crippen molar-refractivity contribution in [3.8, 4) is 11.5 Å². The molecule has 15 atom stereocenters. The van der Waals surface area contributed by atoms with Gasteiger partial charge in [0.25, 0.3) is 0 Å². The summed E-state index contributed by atoms with van der Waals surface area (Å²) in [4.78, 5) is 13.7. The number of aliphatic hydroxyl groups excluding tert-OH is 2. The highest BCUT2D eigenvalue weighted by Crippen LogP contribution is 2.39. The second-order valence-electron chi connectivity index (χ2n) is 23.4. The van der Waals surface area contributed by atoms with Crippen molar-refractivity contribution in [3.63, 3.8) is 0 Å². The van der Waals surface area contributed by atoms with Gasteiger partial charge in [-0.3, -0.25) is 4.79 Å². The van der Waals surface area contributed by atoms with E-state index in [9.17, 15) is 15.0 Å². The van der Waals surface area contributed by atoms with Gasteiger partial charge in [-0.05, 0) is 63.2 Å². The van der Waals surface area contributed by atoms with Gasteiger partial charge >= 0.3 is 0 Å². The second-order valence-corrected chi connectivity index (χ2v) is 23.4. The second kappa shape index (κ2) is 35.1. The van der Waals surface area contributed by atoms with Gasteiger partial charge in [0.1, 0.15) is 91.3 Å². The maximum absolute atomic E-state index is 13.7. The highest BCUT2D eigenvalue weighted by atomic mass is 16.8. The van der Waals surface area contributed by atoms with E-state index in [1.807, 2.05) is 212 Å². The molecular formula is C76H83NO17. The fraction of sp³-hybridized carbons (Fsp3) is 0.355. The van der Waals surface area contributed by atoms with E-state index in [0.29, 0.717) is 11.5 Å². The summed E-state index contributed by atoms with van der Waals surface area (Å²) in [5.74, 6) is 0.660. The number of ether oxygens (including phenoxy) is 14. The van der Waals surface area contributed by atoms with Gasteiger partial charge in [0.05, 0.1) is 66.6 Å². The molecule has 1 amide bonds. The van der Waals surface area contributed by atoms with Crippen LogP contribution in [0.25, 0.3) is 0 Å². The van der Waals surface area contributed by atoms with E-state index in [0.717, 1.165) is 38.9 Å². The van der Waals surface area contributed by atoms with Crippen LogP contribution in [0.1, 0.15) is 45.9 Å². The van der Waals surface area contributed by atoms with Crippen LogP contribution in [0.4, 0.5) is 0 Å². The molecule has 8 aromatic carbocycles. The average molecular weight is 1280 g/mol. The number of methoxy groups -OCH3 is 1. The number of amides is 1. The summed E-state index contributed by atoms with van der Waals surface area (Å²) in [5, 5.41) is 27.9. The zero-order valence-electron chi connectivity index (χ0n) is 52.8. The van der Waals surface area contributed by atoms with E-state index >= 15 is 0 Å². The molecule has 18 heteroatoms. The lowest BCUT2D eigenvalue weighted by Gasteiger charge is -2.51. The normalized spacial score (nSPS) is 26.1. The van der Waals surface area contributed by atoms with E-state index in [1.165, 1.54) is 6.92 Å². The monoisotopic (exact) mass is 1280 g/mol. The summed E-state index contributed by atoms with van der Waals surface area (Å²) in [6, 6.07) is 73.6. The minimum Gasteiger partial charge on any atom is -0.497 e. The van der Waals surface area contributed by atoms with E-state index in [1.54, 1.807) is 31.4 Å². The van der Waals surface area contributed by atoms with Crippen molar-refractivity contribution in [3.05, 3.63) is 276 Å². The van der Waals surface area contributed by atoms with Crippen LogP contribution < -0.4 is 14.8 Å². The molecular weight excluding hydrogens is 1200 g/mol. The van der Waals surface area contributed by atoms with Crippen molar-refractivity contribution < 1.29 is 81.3 Å². The van der Waals surface area contributed by atoms with Crippen LogP contribution in [0.3, 0.4) is 0 Å². The molecule has 11 rings (SSSR count). The molecule has 8 aromatic rings. The third kappa shape index (κ3) is 19.2. The quantitative estimate of drug-likeness (QED) is 0.0359. The topological polar surface area (TPSA) is 199 Å². The molecule has 3 heterocycles. The first kappa shape index (κ1) is 67.7. The zero-order valence-corrected chi connectivity index (χ0v) is 52.8. The van der Waals surface area contributed by atoms with Crippen LogP contribution in [0.2, 0.25) is 0 Å². The van der Waals surface area contributed by atoms with Crippen LogP contribution in [0, 0.1) is 0 Å². The third-order valence-electron chi connectivity index (χ3n) is 16.5. The van der Waals surface area contributed by atoms with Crippen LogP contribution in [0.15, 0.2) is 237 Å². The number of benzene rings is 8. The smallest absolute Gasteiger partial charge is 0.217 e. The van der Waals surface area contributed by atoms with Crippen LogP contribution in [-0.4, -0.2) is 135 Å². The Morgan fingerprint density at radius 2 is 0.734 bits per heavy atom. The molecule has 0 unspecified atom stereocenters. The summed E-state index contributed by atoms with van der Waals surface area (Å²) in [6.07, 6.45) is -17.0. The Kier molecular flexibility index (Phi) is 25.3. The largest absolute Gasteiger partial charge is 0.497 e. The van der Waals surface area contributed by atoms with Crippen LogP contribution in [-0.2, 0) is 108 Å². The van der Waals surface area contributed by atoms with Crippen LogP contribution >= 0.6 is 0 Å². The number of aliphatic hydroxyl groups is 2. The van der Waals surface area contributed by atoms with Crippen molar-refractivity contribution in [2.75, 3.05) is 26.9 Å². The maximum atomic E-state index is 13.7. The first-order valence-electron chi connectivity index (χ1n) is 31.9. The first-order valence-corrected chi connectivity index (χ1v) is 31.9. The fourth-order valence-corrected chi connectivity index (χ4v) is 11.7. The van der Waals surface area contributed by atoms with Gasteiger partial charge in [0.2, 0.25) is 5.91 Å². The molecule has 18 nitrogen and oxygen atoms in total. The predicted octanol–water partition coefficient (Wildman–Crippen LogP) is 10.2. The van der Waals surface area contributed by atoms with Gasteiger partial charge in [0.15, 0.2) is 18.9 Å². The van der Waals surface area contributed by atoms with E-state index in [-0.39, 0.29) is 66.1 Å². The molecule has 0 bridgehead atoms. The van der Waals surface area contributed by atoms with E-state index < -0.39 is 98.0 Å². The molecule has 0 spiro atoms. The summed E-state index contributed by atoms with van der Waals surface area (Å²) in [6.45, 7) is 1.77. The Bertz CT molecular complexity index is 3420. The average Bonchev–Trinajstić information content (AvgIpc) is 0.776. The standard InChI is InChI=1S/C76H83NO17/c1-52(78)77-65-69(86-45-56-30-16-6-17-31-56)66(79)62(51-84-61-40-38-60(81-2)39-41-61)91-75(65)94-71-67(85-44-55-28-14-5-15-29-55)63(49-82-42-53-24-10-3-11-25-53)92-76(73(71)89-48-59-36-22-9-23-37-59)93-68-64(50-83-43-54-26-12-4-13-27-54)90-74(80)72(88-47-58-34-20-8-21-35-58)70(68)87-46-57-32-18-7-19-33-57/h3-41,62-76,79-80H,42-51H2,1-2H3,(H,77,78)/t62-,63-,64-,65-,66-,67+,68-,69-,70+,71+,72-,73-,74-,75+,76+/m1/s1. The minimum atomic E-state index is -1.53. The van der Waals surface area contributed by atoms with Gasteiger partial charge < -0.3 is 81.8 Å². The van der Waals surface area contributed by atoms with Gasteiger partial charge in [-0.25, -0.2) is 0 Å². The van der Waals surface area contributed by atoms with E-state index in [2.05, 4.69) is 5.32 Å². The van der Waals surface area contributed by atoms with Gasteiger partial charge in [-0.1, -0.05) is 212 Å². The number of hydrogen-bond donors (Lipinski definition) is 3. The van der Waals surface area contributed by atoms with Crippen molar-refractivity contribution >= 4 is 5.91 Å². The SMILES string of the molecule is COc1ccc(OC[C@H]2O[C@@H](O[C@H]3[C@@H](OCc4ccccc4)[C@@H](COCc4ccccc4)O[C@@H](O[C@H]4[C@H](OCc5ccccc5)[C@@H](OCc5ccccc5)[C@H](O)O[C@@H]4COCc4ccccc4)[C@@H]3OCc3ccccc3)[C@H](NC(C)=O)[C@@H](OCc3ccccc3)[C@@H]2O)cc1. The van der Waals surface area contributed by atoms with Crippen molar-refractivity contribution in [1.29, 1.82) is 0 Å². The summed E-state index contributed by atoms with van der Waals surface area (Å²) in [7, 11) is 1.58. The maximum Gasteiger partial charge on any atom is 0.217 e. The Balaban J connectivity index is 1.03. The molecule has 0 aliphatic carbocycles. The summed E-state index contributed by atoms with van der Waals surface area (Å²) >= 11 is 0. The molecule has 3 aliphatic rings. The Morgan fingerprint density at radius 1 is 0.372 bits per heavy atom. The molecule has 494 valence electrons. The summed E-state index contributed by atoms with van der Waals surface area (Å²) in [5.41, 5.74) is 6.01. The Labute approximate surface area is 549 Å². The highest BCUT2D eigenvalue weighted by molar-refractivity contribution is 5.73. The lowest BCUT2D eigenvalue weighted by atomic mass is 9.94. The number of hydrogen-bond acceptors (Lipinski definition) is 17. The molecule has 0 radical (unpaired) electrons. The minimum absolute atomic E-state index is 0.00983. The molecule has 3 aliphatic heterocycles. The lowest BCUT2D eigenvalue weighted by molar-refractivity contribution is -0.387. The Hall–Kier alpha value is -7.73. The zero-order chi connectivity index (χ0) is 64.7. The lowest BCUT2D eigenvalue weighted by Crippen LogP contribution is -2.69. The highest BCUT2D eigenvalue weighted by Gasteiger charge is 2.57. The number of carbonyl (C=O) groups is 1. The molecule has 3 N–H and O–H groups in total. The molecule has 94 heavy (non-hydrogen) atoms. The molecule has 3 fully saturated rings. The third-order valence-corrected chi connectivity index (χ3v) is 16.5. The van der Waals surface area contributed by atoms with Crippen LogP contribution in [0.5, 0.6) is 11.5 Å². The summed E-state index contributed by atoms with van der Waals surface area (Å²) < 4.78 is 96.0. The molecule has 0 aromatic heterocycles. The fourth-order valence-electron chi connectivity index (χ4n) is 11.7. The van der Waals surface area contributed by atoms with Gasteiger partial charge in [0, 0.05) is 6.92 Å².